The molecule has 0 aliphatic rings. The van der Waals surface area contributed by atoms with Gasteiger partial charge in [0, 0.05) is 16.4 Å². The van der Waals surface area contributed by atoms with Crippen LogP contribution in [0, 0.1) is 6.92 Å². The summed E-state index contributed by atoms with van der Waals surface area (Å²) in [5.41, 5.74) is -0.689. The van der Waals surface area contributed by atoms with Gasteiger partial charge >= 0.3 is 0 Å². The quantitative estimate of drug-likeness (QED) is 0.834. The third-order valence-corrected chi connectivity index (χ3v) is 6.56. The molecule has 0 unspecified atom stereocenters. The van der Waals surface area contributed by atoms with Crippen LogP contribution in [0.25, 0.3) is 0 Å². The van der Waals surface area contributed by atoms with E-state index >= 15 is 0 Å². The van der Waals surface area contributed by atoms with Crippen LogP contribution in [0.2, 0.25) is 10.0 Å². The molecule has 0 aliphatic carbocycles. The van der Waals surface area contributed by atoms with Gasteiger partial charge in [-0.2, -0.15) is 0 Å². The van der Waals surface area contributed by atoms with E-state index in [-0.39, 0.29) is 16.5 Å². The molecule has 0 spiro atoms. The highest BCUT2D eigenvalue weighted by Gasteiger charge is 2.28. The molecule has 0 amide bonds. The molecule has 0 saturated carbocycles. The van der Waals surface area contributed by atoms with Gasteiger partial charge < -0.3 is 5.11 Å². The fourth-order valence-corrected chi connectivity index (χ4v) is 4.57. The number of sulfonamides is 1. The van der Waals surface area contributed by atoms with E-state index in [1.807, 2.05) is 5.38 Å². The Morgan fingerprint density at radius 1 is 1.32 bits per heavy atom. The van der Waals surface area contributed by atoms with Crippen LogP contribution in [-0.4, -0.2) is 20.1 Å². The van der Waals surface area contributed by atoms with Crippen LogP contribution in [0.4, 0.5) is 0 Å². The number of aryl methyl sites for hydroxylation is 1. The van der Waals surface area contributed by atoms with E-state index in [0.717, 1.165) is 0 Å². The number of benzene rings is 1. The van der Waals surface area contributed by atoms with Crippen molar-refractivity contribution in [2.45, 2.75) is 24.3 Å². The maximum Gasteiger partial charge on any atom is 0.242 e. The second-order valence-electron chi connectivity index (χ2n) is 5.11. The number of halogens is 2. The van der Waals surface area contributed by atoms with Gasteiger partial charge in [-0.15, -0.1) is 11.3 Å². The fourth-order valence-electron chi connectivity index (χ4n) is 1.82. The molecule has 1 heterocycles. The van der Waals surface area contributed by atoms with Gasteiger partial charge in [-0.25, -0.2) is 13.1 Å². The average molecular weight is 380 g/mol. The first-order valence-electron chi connectivity index (χ1n) is 6.35. The third kappa shape index (κ3) is 3.82. The summed E-state index contributed by atoms with van der Waals surface area (Å²) in [6.45, 7) is 3.09. The van der Waals surface area contributed by atoms with Gasteiger partial charge in [0.1, 0.15) is 10.5 Å². The van der Waals surface area contributed by atoms with Gasteiger partial charge in [-0.05, 0) is 43.0 Å². The van der Waals surface area contributed by atoms with E-state index in [1.165, 1.54) is 23.5 Å². The van der Waals surface area contributed by atoms with Crippen LogP contribution in [-0.2, 0) is 15.6 Å². The molecule has 2 N–H and O–H groups in total. The third-order valence-electron chi connectivity index (χ3n) is 3.16. The van der Waals surface area contributed by atoms with Crippen molar-refractivity contribution >= 4 is 44.6 Å². The Bertz CT molecular complexity index is 772. The standard InChI is InChI=1S/C14H15Cl2NO3S2/c1-9-6-12(11(16)7-10(9)15)22(19,20)17-8-14(2,18)13-4-3-5-21-13/h3-7,17-18H,8H2,1-2H3/t14-/m0/s1. The van der Waals surface area contributed by atoms with Crippen molar-refractivity contribution in [3.63, 3.8) is 0 Å². The number of nitrogens with one attached hydrogen (secondary N) is 1. The molecule has 0 bridgehead atoms. The van der Waals surface area contributed by atoms with Crippen LogP contribution in [0.5, 0.6) is 0 Å². The molecule has 2 aromatic rings. The van der Waals surface area contributed by atoms with Crippen LogP contribution in [0.15, 0.2) is 34.5 Å². The van der Waals surface area contributed by atoms with E-state index in [4.69, 9.17) is 23.2 Å². The Kier molecular flexibility index (Phi) is 5.21. The van der Waals surface area contributed by atoms with Gasteiger partial charge in [0.15, 0.2) is 0 Å². The minimum absolute atomic E-state index is 0.0406. The van der Waals surface area contributed by atoms with Crippen molar-refractivity contribution in [1.82, 2.24) is 4.72 Å². The fraction of sp³-hybridized carbons (Fsp3) is 0.286. The highest BCUT2D eigenvalue weighted by atomic mass is 35.5. The number of rotatable bonds is 5. The molecular weight excluding hydrogens is 365 g/mol. The van der Waals surface area contributed by atoms with Crippen molar-refractivity contribution in [2.24, 2.45) is 0 Å². The lowest BCUT2D eigenvalue weighted by Gasteiger charge is -2.22. The van der Waals surface area contributed by atoms with Crippen LogP contribution in [0.1, 0.15) is 17.4 Å². The Morgan fingerprint density at radius 2 is 2.00 bits per heavy atom. The van der Waals surface area contributed by atoms with E-state index < -0.39 is 15.6 Å². The maximum absolute atomic E-state index is 12.4. The lowest BCUT2D eigenvalue weighted by Crippen LogP contribution is -2.38. The molecule has 0 aliphatic heterocycles. The molecule has 120 valence electrons. The lowest BCUT2D eigenvalue weighted by molar-refractivity contribution is 0.0666. The molecule has 4 nitrogen and oxygen atoms in total. The van der Waals surface area contributed by atoms with Crippen molar-refractivity contribution in [3.05, 3.63) is 50.1 Å². The van der Waals surface area contributed by atoms with Gasteiger partial charge in [0.05, 0.1) is 5.02 Å². The van der Waals surface area contributed by atoms with E-state index in [1.54, 1.807) is 26.0 Å². The van der Waals surface area contributed by atoms with Crippen LogP contribution in [0.3, 0.4) is 0 Å². The number of hydrogen-bond acceptors (Lipinski definition) is 4. The largest absolute Gasteiger partial charge is 0.383 e. The first-order chi connectivity index (χ1) is 10.1. The van der Waals surface area contributed by atoms with Gasteiger partial charge in [0.25, 0.3) is 0 Å². The van der Waals surface area contributed by atoms with Crippen LogP contribution < -0.4 is 4.72 Å². The van der Waals surface area contributed by atoms with Crippen molar-refractivity contribution in [2.75, 3.05) is 6.54 Å². The Hall–Kier alpha value is -0.630. The van der Waals surface area contributed by atoms with Crippen LogP contribution >= 0.6 is 34.5 Å². The van der Waals surface area contributed by atoms with E-state index in [9.17, 15) is 13.5 Å². The smallest absolute Gasteiger partial charge is 0.242 e. The summed E-state index contributed by atoms with van der Waals surface area (Å²) >= 11 is 13.2. The summed E-state index contributed by atoms with van der Waals surface area (Å²) in [4.78, 5) is 0.617. The predicted octanol–water partition coefficient (Wildman–Crippen LogP) is 3.55. The molecule has 22 heavy (non-hydrogen) atoms. The monoisotopic (exact) mass is 379 g/mol. The Balaban J connectivity index is 2.24. The number of thiophene rings is 1. The molecule has 1 aromatic heterocycles. The van der Waals surface area contributed by atoms with E-state index in [2.05, 4.69) is 4.72 Å². The molecule has 0 fully saturated rings. The summed E-state index contributed by atoms with van der Waals surface area (Å²) in [7, 11) is -3.85. The number of hydrogen-bond donors (Lipinski definition) is 2. The van der Waals surface area contributed by atoms with Crippen molar-refractivity contribution < 1.29 is 13.5 Å². The van der Waals surface area contributed by atoms with E-state index in [0.29, 0.717) is 15.5 Å². The first kappa shape index (κ1) is 17.7. The minimum Gasteiger partial charge on any atom is -0.383 e. The molecule has 0 saturated heterocycles. The van der Waals surface area contributed by atoms with Gasteiger partial charge in [-0.3, -0.25) is 0 Å². The molecule has 2 rings (SSSR count). The minimum atomic E-state index is -3.85. The zero-order chi connectivity index (χ0) is 16.5. The predicted molar refractivity (Wildman–Crippen MR) is 90.3 cm³/mol. The second kappa shape index (κ2) is 6.47. The zero-order valence-corrected chi connectivity index (χ0v) is 15.1. The normalized spacial score (nSPS) is 14.8. The SMILES string of the molecule is Cc1cc(S(=O)(=O)NC[C@](C)(O)c2cccs2)c(Cl)cc1Cl. The highest BCUT2D eigenvalue weighted by Crippen LogP contribution is 2.29. The summed E-state index contributed by atoms with van der Waals surface area (Å²) in [5, 5.41) is 12.6. The summed E-state index contributed by atoms with van der Waals surface area (Å²) in [5.74, 6) is 0. The number of aliphatic hydroxyl groups is 1. The van der Waals surface area contributed by atoms with Crippen molar-refractivity contribution in [3.8, 4) is 0 Å². The topological polar surface area (TPSA) is 66.4 Å². The summed E-state index contributed by atoms with van der Waals surface area (Å²) in [6, 6.07) is 6.35. The molecule has 0 radical (unpaired) electrons. The maximum atomic E-state index is 12.4. The van der Waals surface area contributed by atoms with Crippen molar-refractivity contribution in [1.29, 1.82) is 0 Å². The lowest BCUT2D eigenvalue weighted by atomic mass is 10.1. The zero-order valence-electron chi connectivity index (χ0n) is 11.9. The Labute approximate surface area is 143 Å². The molecule has 1 atom stereocenters. The molecular formula is C14H15Cl2NO3S2. The first-order valence-corrected chi connectivity index (χ1v) is 9.47. The second-order valence-corrected chi connectivity index (χ2v) is 8.60. The average Bonchev–Trinajstić information content (AvgIpc) is 2.95. The van der Waals surface area contributed by atoms with Gasteiger partial charge in [-0.1, -0.05) is 29.3 Å². The highest BCUT2D eigenvalue weighted by molar-refractivity contribution is 7.89. The molecule has 8 heteroatoms. The Morgan fingerprint density at radius 3 is 2.59 bits per heavy atom. The molecule has 1 aromatic carbocycles. The summed E-state index contributed by atoms with van der Waals surface area (Å²) < 4.78 is 27.2. The summed E-state index contributed by atoms with van der Waals surface area (Å²) in [6.07, 6.45) is 0. The van der Waals surface area contributed by atoms with Gasteiger partial charge in [0.2, 0.25) is 10.0 Å².